The summed E-state index contributed by atoms with van der Waals surface area (Å²) in [5, 5.41) is 13.2. The van der Waals surface area contributed by atoms with Gasteiger partial charge >= 0.3 is 0 Å². The Bertz CT molecular complexity index is 1040. The van der Waals surface area contributed by atoms with Crippen molar-refractivity contribution < 1.29 is 0 Å². The molecule has 1 N–H and O–H groups in total. The number of benzene rings is 1. The van der Waals surface area contributed by atoms with Crippen molar-refractivity contribution in [3.63, 3.8) is 0 Å². The van der Waals surface area contributed by atoms with E-state index in [1.54, 1.807) is 17.7 Å². The molecule has 126 valence electrons. The zero-order valence-corrected chi connectivity index (χ0v) is 15.3. The first-order chi connectivity index (χ1) is 12.1. The smallest absolute Gasteiger partial charge is 0.183 e. The predicted molar refractivity (Wildman–Crippen MR) is 103 cm³/mol. The van der Waals surface area contributed by atoms with Crippen molar-refractivity contribution in [2.45, 2.75) is 19.9 Å². The van der Waals surface area contributed by atoms with Gasteiger partial charge in [-0.3, -0.25) is 4.40 Å². The van der Waals surface area contributed by atoms with Crippen LogP contribution in [0.1, 0.15) is 13.8 Å². The van der Waals surface area contributed by atoms with E-state index in [0.717, 1.165) is 32.3 Å². The molecule has 1 aromatic carbocycles. The maximum atomic E-state index is 6.41. The lowest BCUT2D eigenvalue weighted by Gasteiger charge is -2.08. The molecule has 0 radical (unpaired) electrons. The van der Waals surface area contributed by atoms with E-state index in [4.69, 9.17) is 11.6 Å². The highest BCUT2D eigenvalue weighted by Crippen LogP contribution is 2.36. The Labute approximate surface area is 154 Å². The highest BCUT2D eigenvalue weighted by molar-refractivity contribution is 7.18. The van der Waals surface area contributed by atoms with Gasteiger partial charge in [-0.1, -0.05) is 41.1 Å². The maximum Gasteiger partial charge on any atom is 0.183 e. The minimum atomic E-state index is 0.345. The summed E-state index contributed by atoms with van der Waals surface area (Å²) < 4.78 is 1.92. The van der Waals surface area contributed by atoms with Gasteiger partial charge in [0.15, 0.2) is 10.8 Å². The largest absolute Gasteiger partial charge is 0.359 e. The minimum Gasteiger partial charge on any atom is -0.359 e. The SMILES string of the molecule is CC(C)Nc1ncc(-c2cc(-c3ccccc3Cl)c3nncn3c2)s1. The van der Waals surface area contributed by atoms with Crippen LogP contribution in [0.5, 0.6) is 0 Å². The average molecular weight is 370 g/mol. The fraction of sp³-hybridized carbons (Fsp3) is 0.167. The lowest BCUT2D eigenvalue weighted by Crippen LogP contribution is -2.08. The number of rotatable bonds is 4. The van der Waals surface area contributed by atoms with Crippen LogP contribution in [0.3, 0.4) is 0 Å². The monoisotopic (exact) mass is 369 g/mol. The molecule has 4 rings (SSSR count). The van der Waals surface area contributed by atoms with E-state index >= 15 is 0 Å². The summed E-state index contributed by atoms with van der Waals surface area (Å²) in [6.07, 6.45) is 5.60. The van der Waals surface area contributed by atoms with Gasteiger partial charge in [0.25, 0.3) is 0 Å². The van der Waals surface area contributed by atoms with Crippen molar-refractivity contribution in [1.29, 1.82) is 0 Å². The van der Waals surface area contributed by atoms with Crippen molar-refractivity contribution in [3.8, 4) is 21.6 Å². The standard InChI is InChI=1S/C18H16ClN5S/c1-11(2)22-18-20-8-16(25-18)12-7-14(13-5-3-4-6-15(13)19)17-23-21-10-24(17)9-12/h3-11H,1-2H3,(H,20,22). The Kier molecular flexibility index (Phi) is 4.15. The normalized spacial score (nSPS) is 11.4. The third kappa shape index (κ3) is 3.10. The summed E-state index contributed by atoms with van der Waals surface area (Å²) in [7, 11) is 0. The molecular formula is C18H16ClN5S. The van der Waals surface area contributed by atoms with Crippen LogP contribution in [0.4, 0.5) is 5.13 Å². The van der Waals surface area contributed by atoms with Gasteiger partial charge in [-0.15, -0.1) is 10.2 Å². The first-order valence-corrected chi connectivity index (χ1v) is 9.12. The fourth-order valence-corrected chi connectivity index (χ4v) is 3.85. The van der Waals surface area contributed by atoms with Crippen LogP contribution < -0.4 is 5.32 Å². The number of halogens is 1. The van der Waals surface area contributed by atoms with Gasteiger partial charge in [0.05, 0.1) is 4.88 Å². The van der Waals surface area contributed by atoms with Crippen LogP contribution in [0.15, 0.2) is 49.1 Å². The zero-order chi connectivity index (χ0) is 17.4. The van der Waals surface area contributed by atoms with Crippen LogP contribution in [-0.4, -0.2) is 25.6 Å². The summed E-state index contributed by atoms with van der Waals surface area (Å²) in [4.78, 5) is 5.54. The molecule has 0 saturated carbocycles. The summed E-state index contributed by atoms with van der Waals surface area (Å²) in [5.74, 6) is 0. The topological polar surface area (TPSA) is 55.1 Å². The Morgan fingerprint density at radius 2 is 2.04 bits per heavy atom. The second kappa shape index (κ2) is 6.46. The van der Waals surface area contributed by atoms with E-state index in [-0.39, 0.29) is 0 Å². The van der Waals surface area contributed by atoms with Gasteiger partial charge in [0, 0.05) is 40.1 Å². The summed E-state index contributed by atoms with van der Waals surface area (Å²) in [6.45, 7) is 4.19. The molecule has 0 unspecified atom stereocenters. The maximum absolute atomic E-state index is 6.41. The molecule has 3 aromatic heterocycles. The van der Waals surface area contributed by atoms with Crippen LogP contribution >= 0.6 is 22.9 Å². The van der Waals surface area contributed by atoms with Crippen molar-refractivity contribution in [2.24, 2.45) is 0 Å². The number of thiazole rings is 1. The van der Waals surface area contributed by atoms with Crippen molar-refractivity contribution in [1.82, 2.24) is 19.6 Å². The Morgan fingerprint density at radius 1 is 1.20 bits per heavy atom. The number of pyridine rings is 1. The molecule has 0 bridgehead atoms. The molecule has 0 fully saturated rings. The molecule has 0 atom stereocenters. The average Bonchev–Trinajstić information content (AvgIpc) is 3.23. The third-order valence-electron chi connectivity index (χ3n) is 3.76. The molecular weight excluding hydrogens is 354 g/mol. The van der Waals surface area contributed by atoms with E-state index in [0.29, 0.717) is 11.1 Å². The van der Waals surface area contributed by atoms with E-state index in [9.17, 15) is 0 Å². The lowest BCUT2D eigenvalue weighted by molar-refractivity contribution is 0.896. The molecule has 0 saturated heterocycles. The fourth-order valence-electron chi connectivity index (χ4n) is 2.67. The van der Waals surface area contributed by atoms with Crippen LogP contribution in [-0.2, 0) is 0 Å². The molecule has 5 nitrogen and oxygen atoms in total. The quantitative estimate of drug-likeness (QED) is 0.550. The third-order valence-corrected chi connectivity index (χ3v) is 5.07. The summed E-state index contributed by atoms with van der Waals surface area (Å²) in [5.41, 5.74) is 3.72. The second-order valence-corrected chi connectivity index (χ2v) is 7.45. The number of nitrogens with one attached hydrogen (secondary N) is 1. The Balaban J connectivity index is 1.86. The Morgan fingerprint density at radius 3 is 2.84 bits per heavy atom. The highest BCUT2D eigenvalue weighted by atomic mass is 35.5. The van der Waals surface area contributed by atoms with Gasteiger partial charge in [0.1, 0.15) is 6.33 Å². The number of aromatic nitrogens is 4. The van der Waals surface area contributed by atoms with Gasteiger partial charge in [0.2, 0.25) is 0 Å². The van der Waals surface area contributed by atoms with Crippen molar-refractivity contribution >= 4 is 33.7 Å². The molecule has 0 spiro atoms. The zero-order valence-electron chi connectivity index (χ0n) is 13.8. The Hall–Kier alpha value is -2.44. The first kappa shape index (κ1) is 16.1. The molecule has 25 heavy (non-hydrogen) atoms. The van der Waals surface area contributed by atoms with Gasteiger partial charge < -0.3 is 5.32 Å². The molecule has 0 aliphatic heterocycles. The van der Waals surface area contributed by atoms with Crippen LogP contribution in [0.25, 0.3) is 27.2 Å². The molecule has 0 aliphatic rings. The van der Waals surface area contributed by atoms with E-state index in [1.807, 2.05) is 41.1 Å². The molecule has 0 aliphatic carbocycles. The van der Waals surface area contributed by atoms with Gasteiger partial charge in [-0.05, 0) is 26.0 Å². The van der Waals surface area contributed by atoms with E-state index in [1.165, 1.54) is 0 Å². The second-order valence-electron chi connectivity index (χ2n) is 6.01. The minimum absolute atomic E-state index is 0.345. The highest BCUT2D eigenvalue weighted by Gasteiger charge is 2.14. The van der Waals surface area contributed by atoms with Crippen LogP contribution in [0, 0.1) is 0 Å². The van der Waals surface area contributed by atoms with E-state index < -0.39 is 0 Å². The van der Waals surface area contributed by atoms with Crippen LogP contribution in [0.2, 0.25) is 5.02 Å². The first-order valence-electron chi connectivity index (χ1n) is 7.93. The number of hydrogen-bond acceptors (Lipinski definition) is 5. The molecule has 4 aromatic rings. The number of fused-ring (bicyclic) bond motifs is 1. The summed E-state index contributed by atoms with van der Waals surface area (Å²) in [6, 6.07) is 10.2. The van der Waals surface area contributed by atoms with Gasteiger partial charge in [-0.2, -0.15) is 0 Å². The van der Waals surface area contributed by atoms with Gasteiger partial charge in [-0.25, -0.2) is 4.98 Å². The number of anilines is 1. The van der Waals surface area contributed by atoms with Crippen molar-refractivity contribution in [3.05, 3.63) is 54.1 Å². The predicted octanol–water partition coefficient (Wildman–Crippen LogP) is 4.99. The number of nitrogens with zero attached hydrogens (tertiary/aromatic N) is 4. The lowest BCUT2D eigenvalue weighted by atomic mass is 10.0. The molecule has 7 heteroatoms. The molecule has 0 amide bonds. The van der Waals surface area contributed by atoms with Crippen molar-refractivity contribution in [2.75, 3.05) is 5.32 Å². The summed E-state index contributed by atoms with van der Waals surface area (Å²) >= 11 is 8.03. The number of hydrogen-bond donors (Lipinski definition) is 1. The van der Waals surface area contributed by atoms with E-state index in [2.05, 4.69) is 40.4 Å². The molecule has 3 heterocycles.